The van der Waals surface area contributed by atoms with Crippen molar-refractivity contribution >= 4 is 45.6 Å². The maximum Gasteiger partial charge on any atom is 0.343 e. The molecule has 2 aromatic carbocycles. The summed E-state index contributed by atoms with van der Waals surface area (Å²) in [7, 11) is 1.27. The highest BCUT2D eigenvalue weighted by Gasteiger charge is 2.10. The molecule has 0 aliphatic rings. The summed E-state index contributed by atoms with van der Waals surface area (Å²) in [6.07, 6.45) is 1.02. The van der Waals surface area contributed by atoms with Crippen molar-refractivity contribution in [2.75, 3.05) is 19.0 Å². The summed E-state index contributed by atoms with van der Waals surface area (Å²) in [5, 5.41) is 6.44. The first-order chi connectivity index (χ1) is 13.5. The van der Waals surface area contributed by atoms with E-state index in [-0.39, 0.29) is 13.0 Å². The van der Waals surface area contributed by atoms with Crippen LogP contribution in [0.2, 0.25) is 0 Å². The van der Waals surface area contributed by atoms with Crippen LogP contribution in [0.4, 0.5) is 5.69 Å². The normalized spacial score (nSPS) is 10.4. The van der Waals surface area contributed by atoms with Crippen LogP contribution >= 0.6 is 15.9 Å². The lowest BCUT2D eigenvalue weighted by molar-refractivity contribution is -0.143. The van der Waals surface area contributed by atoms with E-state index in [1.807, 2.05) is 6.07 Å². The second kappa shape index (κ2) is 10.8. The van der Waals surface area contributed by atoms with Gasteiger partial charge in [0.1, 0.15) is 12.2 Å². The maximum absolute atomic E-state index is 11.9. The number of esters is 1. The van der Waals surface area contributed by atoms with Crippen molar-refractivity contribution in [3.05, 3.63) is 58.6 Å². The van der Waals surface area contributed by atoms with E-state index in [0.29, 0.717) is 17.0 Å². The van der Waals surface area contributed by atoms with E-state index < -0.39 is 17.8 Å². The van der Waals surface area contributed by atoms with Gasteiger partial charge in [-0.05, 0) is 45.8 Å². The number of carbonyl (C=O) groups excluding carboxylic acids is 3. The topological polar surface area (TPSA) is 106 Å². The van der Waals surface area contributed by atoms with Gasteiger partial charge in [0.25, 0.3) is 0 Å². The Morgan fingerprint density at radius 1 is 1.11 bits per heavy atom. The predicted molar refractivity (Wildman–Crippen MR) is 107 cm³/mol. The van der Waals surface area contributed by atoms with Crippen molar-refractivity contribution < 1.29 is 23.9 Å². The molecule has 9 heteroatoms. The number of anilines is 1. The van der Waals surface area contributed by atoms with Crippen molar-refractivity contribution in [2.24, 2.45) is 5.10 Å². The summed E-state index contributed by atoms with van der Waals surface area (Å²) in [4.78, 5) is 34.8. The van der Waals surface area contributed by atoms with Gasteiger partial charge in [0.05, 0.1) is 19.0 Å². The molecule has 0 aromatic heterocycles. The number of nitrogens with one attached hydrogen (secondary N) is 2. The minimum absolute atomic E-state index is 0.208. The lowest BCUT2D eigenvalue weighted by atomic mass is 10.2. The summed E-state index contributed by atoms with van der Waals surface area (Å²) >= 11 is 3.31. The molecule has 28 heavy (non-hydrogen) atoms. The lowest BCUT2D eigenvalue weighted by Gasteiger charge is -2.06. The van der Waals surface area contributed by atoms with Crippen LogP contribution in [0.15, 0.2) is 58.1 Å². The van der Waals surface area contributed by atoms with Crippen LogP contribution in [0.3, 0.4) is 0 Å². The van der Waals surface area contributed by atoms with Crippen LogP contribution < -0.4 is 15.5 Å². The zero-order valence-electron chi connectivity index (χ0n) is 15.0. The van der Waals surface area contributed by atoms with Crippen LogP contribution in [0.5, 0.6) is 5.75 Å². The molecule has 0 fully saturated rings. The SMILES string of the molecule is COC(=O)COc1cccc(C=NNC(=O)CC(=O)Nc2ccccc2Br)c1. The summed E-state index contributed by atoms with van der Waals surface area (Å²) in [6, 6.07) is 13.8. The molecule has 0 unspecified atom stereocenters. The molecule has 0 aliphatic heterocycles. The average Bonchev–Trinajstić information content (AvgIpc) is 2.68. The number of nitrogens with zero attached hydrogens (tertiary/aromatic N) is 1. The Bertz CT molecular complexity index is 885. The number of methoxy groups -OCH3 is 1. The highest BCUT2D eigenvalue weighted by molar-refractivity contribution is 9.10. The quantitative estimate of drug-likeness (QED) is 0.279. The number of hydrogen-bond acceptors (Lipinski definition) is 6. The Hall–Kier alpha value is -3.20. The highest BCUT2D eigenvalue weighted by atomic mass is 79.9. The zero-order valence-corrected chi connectivity index (χ0v) is 16.6. The van der Waals surface area contributed by atoms with Gasteiger partial charge < -0.3 is 14.8 Å². The number of carbonyl (C=O) groups is 3. The average molecular weight is 448 g/mol. The monoisotopic (exact) mass is 447 g/mol. The molecule has 2 aromatic rings. The Kier molecular flexibility index (Phi) is 8.16. The second-order valence-corrected chi connectivity index (χ2v) is 6.29. The molecule has 0 aliphatic carbocycles. The van der Waals surface area contributed by atoms with Gasteiger partial charge >= 0.3 is 5.97 Å². The first kappa shape index (κ1) is 21.1. The van der Waals surface area contributed by atoms with Crippen LogP contribution in [0, 0.1) is 0 Å². The van der Waals surface area contributed by atoms with E-state index in [1.54, 1.807) is 42.5 Å². The number of amides is 2. The van der Waals surface area contributed by atoms with Crippen molar-refractivity contribution in [3.8, 4) is 5.75 Å². The molecule has 0 heterocycles. The van der Waals surface area contributed by atoms with Crippen LogP contribution in [0.25, 0.3) is 0 Å². The van der Waals surface area contributed by atoms with Gasteiger partial charge in [-0.3, -0.25) is 9.59 Å². The summed E-state index contributed by atoms with van der Waals surface area (Å²) in [5.41, 5.74) is 3.50. The van der Waals surface area contributed by atoms with Gasteiger partial charge in [-0.15, -0.1) is 0 Å². The third kappa shape index (κ3) is 7.20. The third-order valence-electron chi connectivity index (χ3n) is 3.31. The molecule has 0 spiro atoms. The van der Waals surface area contributed by atoms with E-state index in [0.717, 1.165) is 4.47 Å². The fourth-order valence-corrected chi connectivity index (χ4v) is 2.39. The molecular weight excluding hydrogens is 430 g/mol. The van der Waals surface area contributed by atoms with Gasteiger partial charge in [-0.2, -0.15) is 5.10 Å². The Balaban J connectivity index is 1.82. The molecular formula is C19H18BrN3O5. The largest absolute Gasteiger partial charge is 0.482 e. The van der Waals surface area contributed by atoms with Crippen molar-refractivity contribution in [1.82, 2.24) is 5.43 Å². The first-order valence-corrected chi connectivity index (χ1v) is 8.93. The maximum atomic E-state index is 11.9. The van der Waals surface area contributed by atoms with Crippen LogP contribution in [0.1, 0.15) is 12.0 Å². The van der Waals surface area contributed by atoms with E-state index in [2.05, 4.69) is 36.5 Å². The summed E-state index contributed by atoms with van der Waals surface area (Å²) in [5.74, 6) is -1.06. The molecule has 2 rings (SSSR count). The number of rotatable bonds is 8. The van der Waals surface area contributed by atoms with E-state index in [1.165, 1.54) is 13.3 Å². The lowest BCUT2D eigenvalue weighted by Crippen LogP contribution is -2.24. The van der Waals surface area contributed by atoms with Gasteiger partial charge in [-0.1, -0.05) is 24.3 Å². The number of hydrogen-bond donors (Lipinski definition) is 2. The Morgan fingerprint density at radius 3 is 2.64 bits per heavy atom. The standard InChI is InChI=1S/C19H18BrN3O5/c1-27-19(26)12-28-14-6-4-5-13(9-14)11-21-23-18(25)10-17(24)22-16-8-3-2-7-15(16)20/h2-9,11H,10,12H2,1H3,(H,22,24)(H,23,25). The Morgan fingerprint density at radius 2 is 1.89 bits per heavy atom. The Labute approximate surface area is 170 Å². The van der Waals surface area contributed by atoms with Crippen molar-refractivity contribution in [2.45, 2.75) is 6.42 Å². The fraction of sp³-hybridized carbons (Fsp3) is 0.158. The van der Waals surface area contributed by atoms with Gasteiger partial charge in [0.15, 0.2) is 6.61 Å². The minimum atomic E-state index is -0.557. The molecule has 2 N–H and O–H groups in total. The highest BCUT2D eigenvalue weighted by Crippen LogP contribution is 2.21. The molecule has 0 saturated heterocycles. The van der Waals surface area contributed by atoms with E-state index in [4.69, 9.17) is 4.74 Å². The van der Waals surface area contributed by atoms with Crippen LogP contribution in [-0.2, 0) is 19.1 Å². The van der Waals surface area contributed by atoms with E-state index in [9.17, 15) is 14.4 Å². The molecule has 0 saturated carbocycles. The van der Waals surface area contributed by atoms with Gasteiger partial charge in [0.2, 0.25) is 11.8 Å². The predicted octanol–water partition coefficient (Wildman–Crippen LogP) is 2.48. The molecule has 2 amide bonds. The second-order valence-electron chi connectivity index (χ2n) is 5.44. The molecule has 0 atom stereocenters. The summed E-state index contributed by atoms with van der Waals surface area (Å²) in [6.45, 7) is -0.208. The molecule has 0 radical (unpaired) electrons. The number of para-hydroxylation sites is 1. The molecule has 146 valence electrons. The number of hydrazone groups is 1. The van der Waals surface area contributed by atoms with E-state index >= 15 is 0 Å². The van der Waals surface area contributed by atoms with Crippen molar-refractivity contribution in [1.29, 1.82) is 0 Å². The minimum Gasteiger partial charge on any atom is -0.482 e. The number of benzene rings is 2. The van der Waals surface area contributed by atoms with Gasteiger partial charge in [-0.25, -0.2) is 10.2 Å². The smallest absolute Gasteiger partial charge is 0.343 e. The zero-order chi connectivity index (χ0) is 20.4. The van der Waals surface area contributed by atoms with Crippen molar-refractivity contribution in [3.63, 3.8) is 0 Å². The molecule has 0 bridgehead atoms. The molecule has 8 nitrogen and oxygen atoms in total. The first-order valence-electron chi connectivity index (χ1n) is 8.14. The van der Waals surface area contributed by atoms with Crippen LogP contribution in [-0.4, -0.2) is 37.7 Å². The summed E-state index contributed by atoms with van der Waals surface area (Å²) < 4.78 is 10.5. The third-order valence-corrected chi connectivity index (χ3v) is 4.01. The fourth-order valence-electron chi connectivity index (χ4n) is 2.01. The number of halogens is 1. The number of ether oxygens (including phenoxy) is 2. The van der Waals surface area contributed by atoms with Gasteiger partial charge in [0, 0.05) is 4.47 Å².